The highest BCUT2D eigenvalue weighted by atomic mass is 16.5. The molecule has 0 aliphatic rings. The Morgan fingerprint density at radius 3 is 2.34 bits per heavy atom. The number of hydrogen-bond donors (Lipinski definition) is 1. The molecule has 0 aliphatic carbocycles. The van der Waals surface area contributed by atoms with Gasteiger partial charge in [0.1, 0.15) is 12.4 Å². The van der Waals surface area contributed by atoms with Gasteiger partial charge >= 0.3 is 5.97 Å². The van der Waals surface area contributed by atoms with Crippen LogP contribution >= 0.6 is 0 Å². The number of hydrazone groups is 1. The molecule has 0 saturated heterocycles. The van der Waals surface area contributed by atoms with Gasteiger partial charge in [0, 0.05) is 16.5 Å². The third-order valence-electron chi connectivity index (χ3n) is 7.18. The average molecular weight is 580 g/mol. The van der Waals surface area contributed by atoms with Crippen LogP contribution in [-0.4, -0.2) is 29.7 Å². The largest absolute Gasteiger partial charge is 0.488 e. The van der Waals surface area contributed by atoms with Crippen molar-refractivity contribution >= 4 is 39.8 Å². The van der Waals surface area contributed by atoms with Crippen LogP contribution in [0.5, 0.6) is 5.75 Å². The zero-order valence-corrected chi connectivity index (χ0v) is 24.1. The minimum absolute atomic E-state index is 0.278. The van der Waals surface area contributed by atoms with Crippen molar-refractivity contribution in [2.45, 2.75) is 13.5 Å². The zero-order chi connectivity index (χ0) is 30.3. The molecule has 6 aromatic rings. The van der Waals surface area contributed by atoms with Crippen molar-refractivity contribution in [3.8, 4) is 17.0 Å². The molecule has 7 nitrogen and oxygen atoms in total. The summed E-state index contributed by atoms with van der Waals surface area (Å²) < 4.78 is 11.3. The van der Waals surface area contributed by atoms with Gasteiger partial charge in [-0.1, -0.05) is 91.0 Å². The number of rotatable bonds is 9. The van der Waals surface area contributed by atoms with E-state index in [1.165, 1.54) is 0 Å². The molecule has 0 fully saturated rings. The number of hydrogen-bond acceptors (Lipinski definition) is 6. The fraction of sp³-hybridized carbons (Fsp3) is 0.0811. The number of ether oxygens (including phenoxy) is 2. The molecule has 44 heavy (non-hydrogen) atoms. The van der Waals surface area contributed by atoms with Gasteiger partial charge in [-0.25, -0.2) is 15.2 Å². The Kier molecular flexibility index (Phi) is 8.36. The molecule has 6 rings (SSSR count). The van der Waals surface area contributed by atoms with E-state index in [4.69, 9.17) is 14.5 Å². The summed E-state index contributed by atoms with van der Waals surface area (Å²) in [6.45, 7) is 2.38. The van der Waals surface area contributed by atoms with Crippen LogP contribution < -0.4 is 10.2 Å². The number of carbonyl (C=O) groups is 2. The fourth-order valence-corrected chi connectivity index (χ4v) is 4.98. The van der Waals surface area contributed by atoms with Crippen molar-refractivity contribution in [1.29, 1.82) is 0 Å². The number of pyridine rings is 1. The van der Waals surface area contributed by atoms with E-state index in [2.05, 4.69) is 10.5 Å². The lowest BCUT2D eigenvalue weighted by Gasteiger charge is -2.12. The lowest BCUT2D eigenvalue weighted by Crippen LogP contribution is -2.18. The Balaban J connectivity index is 1.26. The first-order valence-corrected chi connectivity index (χ1v) is 14.3. The van der Waals surface area contributed by atoms with E-state index >= 15 is 0 Å². The van der Waals surface area contributed by atoms with Gasteiger partial charge in [0.2, 0.25) is 0 Å². The normalized spacial score (nSPS) is 11.1. The summed E-state index contributed by atoms with van der Waals surface area (Å²) in [5.74, 6) is -0.0931. The standard InChI is InChI=1S/C37H29N3O4/c1-2-43-37(42)28-18-16-25(17-19-28)24-44-35-21-20-26-10-6-7-13-29(26)32(35)23-38-40-36(41)31-22-34(27-11-4-3-5-12-27)39-33-15-9-8-14-30(31)33/h3-23H,2,24H2,1H3,(H,40,41)/b38-23-. The summed E-state index contributed by atoms with van der Waals surface area (Å²) in [4.78, 5) is 30.3. The van der Waals surface area contributed by atoms with E-state index < -0.39 is 0 Å². The maximum atomic E-state index is 13.5. The second-order valence-electron chi connectivity index (χ2n) is 10.0. The predicted octanol–water partition coefficient (Wildman–Crippen LogP) is 7.57. The van der Waals surface area contributed by atoms with E-state index in [1.54, 1.807) is 31.3 Å². The molecule has 0 radical (unpaired) electrons. The van der Waals surface area contributed by atoms with Gasteiger partial charge in [0.05, 0.1) is 35.2 Å². The molecule has 1 heterocycles. The number of para-hydroxylation sites is 1. The number of amides is 1. The Morgan fingerprint density at radius 1 is 0.818 bits per heavy atom. The molecule has 1 amide bonds. The summed E-state index contributed by atoms with van der Waals surface area (Å²) in [7, 11) is 0. The maximum Gasteiger partial charge on any atom is 0.338 e. The summed E-state index contributed by atoms with van der Waals surface area (Å²) in [6, 6.07) is 38.0. The zero-order valence-electron chi connectivity index (χ0n) is 24.1. The van der Waals surface area contributed by atoms with Crippen molar-refractivity contribution < 1.29 is 19.1 Å². The van der Waals surface area contributed by atoms with Gasteiger partial charge in [-0.05, 0) is 53.6 Å². The SMILES string of the molecule is CCOC(=O)c1ccc(COc2ccc3ccccc3c2/C=N\NC(=O)c2cc(-c3ccccc3)nc3ccccc23)cc1. The smallest absolute Gasteiger partial charge is 0.338 e. The molecule has 0 saturated carbocycles. The number of carbonyl (C=O) groups excluding carboxylic acids is 2. The number of esters is 1. The molecular weight excluding hydrogens is 550 g/mol. The van der Waals surface area contributed by atoms with Crippen LogP contribution in [0.2, 0.25) is 0 Å². The highest BCUT2D eigenvalue weighted by molar-refractivity contribution is 6.08. The molecule has 0 spiro atoms. The molecule has 216 valence electrons. The first-order chi connectivity index (χ1) is 21.6. The quantitative estimate of drug-likeness (QED) is 0.108. The van der Waals surface area contributed by atoms with E-state index in [9.17, 15) is 9.59 Å². The van der Waals surface area contributed by atoms with Crippen molar-refractivity contribution in [2.24, 2.45) is 5.10 Å². The first-order valence-electron chi connectivity index (χ1n) is 14.3. The van der Waals surface area contributed by atoms with Gasteiger partial charge in [0.25, 0.3) is 5.91 Å². The van der Waals surface area contributed by atoms with E-state index in [-0.39, 0.29) is 18.5 Å². The molecule has 1 N–H and O–H groups in total. The summed E-state index contributed by atoms with van der Waals surface area (Å²) in [5, 5.41) is 7.05. The summed E-state index contributed by atoms with van der Waals surface area (Å²) >= 11 is 0. The minimum Gasteiger partial charge on any atom is -0.488 e. The van der Waals surface area contributed by atoms with Crippen molar-refractivity contribution in [2.75, 3.05) is 6.61 Å². The van der Waals surface area contributed by atoms with Gasteiger partial charge in [-0.2, -0.15) is 5.10 Å². The Bertz CT molecular complexity index is 1990. The topological polar surface area (TPSA) is 89.9 Å². The molecule has 0 atom stereocenters. The van der Waals surface area contributed by atoms with Crippen LogP contribution in [0, 0.1) is 0 Å². The average Bonchev–Trinajstić information content (AvgIpc) is 3.08. The highest BCUT2D eigenvalue weighted by Gasteiger charge is 2.14. The number of benzene rings is 5. The first kappa shape index (κ1) is 28.3. The van der Waals surface area contributed by atoms with Crippen LogP contribution in [-0.2, 0) is 11.3 Å². The molecule has 1 aromatic heterocycles. The third-order valence-corrected chi connectivity index (χ3v) is 7.18. The van der Waals surface area contributed by atoms with E-state index in [0.29, 0.717) is 29.2 Å². The Hall–Kier alpha value is -5.82. The lowest BCUT2D eigenvalue weighted by atomic mass is 10.0. The van der Waals surface area contributed by atoms with E-state index in [1.807, 2.05) is 103 Å². The molecule has 0 bridgehead atoms. The second-order valence-corrected chi connectivity index (χ2v) is 10.0. The monoisotopic (exact) mass is 579 g/mol. The Morgan fingerprint density at radius 2 is 1.55 bits per heavy atom. The maximum absolute atomic E-state index is 13.5. The number of nitrogens with one attached hydrogen (secondary N) is 1. The third kappa shape index (κ3) is 6.17. The summed E-state index contributed by atoms with van der Waals surface area (Å²) in [6.07, 6.45) is 1.61. The molecule has 0 unspecified atom stereocenters. The van der Waals surface area contributed by atoms with Crippen LogP contribution in [0.15, 0.2) is 126 Å². The van der Waals surface area contributed by atoms with Gasteiger partial charge in [-0.15, -0.1) is 0 Å². The highest BCUT2D eigenvalue weighted by Crippen LogP contribution is 2.28. The molecular formula is C37H29N3O4. The molecule has 0 aliphatic heterocycles. The Labute approximate surface area is 254 Å². The van der Waals surface area contributed by atoms with Crippen LogP contribution in [0.3, 0.4) is 0 Å². The second kappa shape index (κ2) is 13.0. The van der Waals surface area contributed by atoms with Crippen molar-refractivity contribution in [1.82, 2.24) is 10.4 Å². The van der Waals surface area contributed by atoms with E-state index in [0.717, 1.165) is 38.4 Å². The van der Waals surface area contributed by atoms with Crippen LogP contribution in [0.4, 0.5) is 0 Å². The number of nitrogens with zero attached hydrogens (tertiary/aromatic N) is 2. The van der Waals surface area contributed by atoms with Crippen LogP contribution in [0.1, 0.15) is 38.8 Å². The van der Waals surface area contributed by atoms with Crippen molar-refractivity contribution in [3.05, 3.63) is 144 Å². The van der Waals surface area contributed by atoms with Gasteiger partial charge in [-0.3, -0.25) is 4.79 Å². The molecule has 7 heteroatoms. The number of aromatic nitrogens is 1. The van der Waals surface area contributed by atoms with Gasteiger partial charge < -0.3 is 9.47 Å². The minimum atomic E-state index is -0.355. The number of fused-ring (bicyclic) bond motifs is 2. The fourth-order valence-electron chi connectivity index (χ4n) is 4.98. The predicted molar refractivity (Wildman–Crippen MR) is 173 cm³/mol. The lowest BCUT2D eigenvalue weighted by molar-refractivity contribution is 0.0526. The van der Waals surface area contributed by atoms with Gasteiger partial charge in [0.15, 0.2) is 0 Å². The van der Waals surface area contributed by atoms with Crippen LogP contribution in [0.25, 0.3) is 32.9 Å². The molecule has 5 aromatic carbocycles. The summed E-state index contributed by atoms with van der Waals surface area (Å²) in [5.41, 5.74) is 7.66. The van der Waals surface area contributed by atoms with Crippen molar-refractivity contribution in [3.63, 3.8) is 0 Å².